The second kappa shape index (κ2) is 8.79. The lowest BCUT2D eigenvalue weighted by atomic mass is 9.97. The first-order chi connectivity index (χ1) is 13.4. The number of carbonyl (C=O) groups is 2. The third-order valence-electron chi connectivity index (χ3n) is 4.47. The second-order valence-electron chi connectivity index (χ2n) is 6.84. The highest BCUT2D eigenvalue weighted by atomic mass is 19.4. The van der Waals surface area contributed by atoms with Crippen LogP contribution in [0.3, 0.4) is 0 Å². The lowest BCUT2D eigenvalue weighted by Crippen LogP contribution is -2.36. The SMILES string of the molecule is Cc1cc(O)c2c(c1)/C=C/C[C@H](O)[C@H](O)C(=O)/C=C\[C@H](C(F)(F)F)[C@H](C)OC2=O. The smallest absolute Gasteiger partial charge is 0.398 e. The van der Waals surface area contributed by atoms with Gasteiger partial charge >= 0.3 is 12.1 Å². The van der Waals surface area contributed by atoms with Crippen molar-refractivity contribution in [1.82, 2.24) is 0 Å². The van der Waals surface area contributed by atoms with Gasteiger partial charge in [0, 0.05) is 0 Å². The lowest BCUT2D eigenvalue weighted by molar-refractivity contribution is -0.182. The summed E-state index contributed by atoms with van der Waals surface area (Å²) in [5, 5.41) is 29.9. The van der Waals surface area contributed by atoms with E-state index in [0.29, 0.717) is 17.7 Å². The van der Waals surface area contributed by atoms with Crippen molar-refractivity contribution in [2.24, 2.45) is 5.92 Å². The molecule has 29 heavy (non-hydrogen) atoms. The Morgan fingerprint density at radius 3 is 2.41 bits per heavy atom. The molecule has 4 atom stereocenters. The van der Waals surface area contributed by atoms with Crippen LogP contribution < -0.4 is 0 Å². The fraction of sp³-hybridized carbons (Fsp3) is 0.400. The Kier molecular flexibility index (Phi) is 6.86. The Morgan fingerprint density at radius 1 is 1.14 bits per heavy atom. The molecule has 3 N–H and O–H groups in total. The van der Waals surface area contributed by atoms with E-state index in [1.807, 2.05) is 0 Å². The molecule has 0 radical (unpaired) electrons. The van der Waals surface area contributed by atoms with E-state index >= 15 is 0 Å². The Balaban J connectivity index is 2.57. The molecule has 158 valence electrons. The van der Waals surface area contributed by atoms with Crippen molar-refractivity contribution < 1.29 is 42.8 Å². The summed E-state index contributed by atoms with van der Waals surface area (Å²) < 4.78 is 45.1. The number of hydrogen-bond acceptors (Lipinski definition) is 6. The number of carbonyl (C=O) groups excluding carboxylic acids is 2. The summed E-state index contributed by atoms with van der Waals surface area (Å²) in [6.07, 6.45) is -6.58. The zero-order valence-corrected chi connectivity index (χ0v) is 15.7. The molecule has 0 bridgehead atoms. The Morgan fingerprint density at radius 2 is 1.79 bits per heavy atom. The van der Waals surface area contributed by atoms with E-state index in [9.17, 15) is 38.1 Å². The van der Waals surface area contributed by atoms with Crippen molar-refractivity contribution in [2.75, 3.05) is 0 Å². The number of aromatic hydroxyl groups is 1. The maximum atomic E-state index is 13.4. The predicted octanol–water partition coefficient (Wildman–Crippen LogP) is 2.69. The molecule has 1 aliphatic heterocycles. The average molecular weight is 414 g/mol. The van der Waals surface area contributed by atoms with Gasteiger partial charge in [0.05, 0.1) is 6.10 Å². The van der Waals surface area contributed by atoms with E-state index in [4.69, 9.17) is 4.74 Å². The quantitative estimate of drug-likeness (QED) is 0.564. The Labute approximate surface area is 164 Å². The van der Waals surface area contributed by atoms with Crippen LogP contribution in [0.2, 0.25) is 0 Å². The zero-order chi connectivity index (χ0) is 21.9. The van der Waals surface area contributed by atoms with Gasteiger partial charge in [-0.25, -0.2) is 4.79 Å². The fourth-order valence-corrected chi connectivity index (χ4v) is 2.93. The predicted molar refractivity (Wildman–Crippen MR) is 97.1 cm³/mol. The van der Waals surface area contributed by atoms with Crippen LogP contribution >= 0.6 is 0 Å². The van der Waals surface area contributed by atoms with E-state index in [1.54, 1.807) is 6.92 Å². The standard InChI is InChI=1S/C20H21F3O6/c1-10-8-12-4-3-5-14(24)18(27)15(25)7-6-13(20(21,22)23)11(2)29-19(28)17(12)16(26)9-10/h3-4,6-9,11,13-14,18,24,26-27H,5H2,1-2H3/b4-3+,7-6-/t11-,13-,14-,18-/m0/s1. The lowest BCUT2D eigenvalue weighted by Gasteiger charge is -2.24. The summed E-state index contributed by atoms with van der Waals surface area (Å²) >= 11 is 0. The van der Waals surface area contributed by atoms with Gasteiger partial charge in [0.1, 0.15) is 29.4 Å². The molecule has 0 fully saturated rings. The number of rotatable bonds is 0. The normalized spacial score (nSPS) is 28.8. The molecule has 1 heterocycles. The van der Waals surface area contributed by atoms with Crippen LogP contribution in [-0.4, -0.2) is 51.6 Å². The number of aliphatic hydroxyl groups is 2. The number of alkyl halides is 3. The van der Waals surface area contributed by atoms with Crippen molar-refractivity contribution in [3.8, 4) is 5.75 Å². The third kappa shape index (κ3) is 5.45. The van der Waals surface area contributed by atoms with Crippen molar-refractivity contribution in [1.29, 1.82) is 0 Å². The van der Waals surface area contributed by atoms with Crippen LogP contribution in [0.4, 0.5) is 13.2 Å². The average Bonchev–Trinajstić information content (AvgIpc) is 2.58. The molecular weight excluding hydrogens is 393 g/mol. The van der Waals surface area contributed by atoms with Gasteiger partial charge in [-0.05, 0) is 43.5 Å². The largest absolute Gasteiger partial charge is 0.507 e. The van der Waals surface area contributed by atoms with Crippen LogP contribution in [0.15, 0.2) is 30.4 Å². The Hall–Kier alpha value is -2.65. The molecule has 0 saturated heterocycles. The summed E-state index contributed by atoms with van der Waals surface area (Å²) in [7, 11) is 0. The van der Waals surface area contributed by atoms with Gasteiger partial charge in [0.25, 0.3) is 0 Å². The van der Waals surface area contributed by atoms with E-state index in [2.05, 4.69) is 0 Å². The molecule has 0 unspecified atom stereocenters. The van der Waals surface area contributed by atoms with Crippen molar-refractivity contribution in [2.45, 2.75) is 44.8 Å². The second-order valence-corrected chi connectivity index (χ2v) is 6.84. The molecule has 9 heteroatoms. The number of hydrogen-bond donors (Lipinski definition) is 3. The van der Waals surface area contributed by atoms with Gasteiger partial charge in [0.15, 0.2) is 5.78 Å². The third-order valence-corrected chi connectivity index (χ3v) is 4.47. The first kappa shape index (κ1) is 22.6. The minimum absolute atomic E-state index is 0.156. The minimum atomic E-state index is -4.85. The fourth-order valence-electron chi connectivity index (χ4n) is 2.93. The maximum Gasteiger partial charge on any atom is 0.398 e. The first-order valence-corrected chi connectivity index (χ1v) is 8.77. The molecule has 2 rings (SSSR count). The van der Waals surface area contributed by atoms with Gasteiger partial charge < -0.3 is 20.1 Å². The van der Waals surface area contributed by atoms with Crippen LogP contribution in [-0.2, 0) is 9.53 Å². The minimum Gasteiger partial charge on any atom is -0.507 e. The molecule has 0 saturated carbocycles. The first-order valence-electron chi connectivity index (χ1n) is 8.77. The molecule has 0 aromatic heterocycles. The molecule has 1 aliphatic rings. The van der Waals surface area contributed by atoms with Crippen molar-refractivity contribution in [3.63, 3.8) is 0 Å². The number of phenols is 1. The summed E-state index contributed by atoms with van der Waals surface area (Å²) in [4.78, 5) is 24.4. The van der Waals surface area contributed by atoms with E-state index in [1.165, 1.54) is 24.3 Å². The van der Waals surface area contributed by atoms with Gasteiger partial charge in [-0.1, -0.05) is 24.3 Å². The summed E-state index contributed by atoms with van der Waals surface area (Å²) in [6.45, 7) is 2.64. The summed E-state index contributed by atoms with van der Waals surface area (Å²) in [5.74, 6) is -5.08. The summed E-state index contributed by atoms with van der Waals surface area (Å²) in [5.41, 5.74) is 0.399. The highest BCUT2D eigenvalue weighted by Gasteiger charge is 2.43. The van der Waals surface area contributed by atoms with Crippen LogP contribution in [0.25, 0.3) is 6.08 Å². The van der Waals surface area contributed by atoms with Crippen LogP contribution in [0.5, 0.6) is 5.75 Å². The number of cyclic esters (lactones) is 1. The maximum absolute atomic E-state index is 13.4. The van der Waals surface area contributed by atoms with Gasteiger partial charge in [-0.2, -0.15) is 13.2 Å². The van der Waals surface area contributed by atoms with E-state index in [0.717, 1.165) is 6.92 Å². The highest BCUT2D eigenvalue weighted by molar-refractivity contribution is 5.97. The highest BCUT2D eigenvalue weighted by Crippen LogP contribution is 2.33. The molecular formula is C20H21F3O6. The molecule has 0 amide bonds. The number of ether oxygens (including phenoxy) is 1. The molecule has 6 nitrogen and oxygen atoms in total. The number of aliphatic hydroxyl groups excluding tert-OH is 2. The number of esters is 1. The molecule has 1 aromatic rings. The Bertz CT molecular complexity index is 843. The van der Waals surface area contributed by atoms with E-state index in [-0.39, 0.29) is 17.5 Å². The van der Waals surface area contributed by atoms with Crippen molar-refractivity contribution in [3.05, 3.63) is 47.1 Å². The van der Waals surface area contributed by atoms with Crippen LogP contribution in [0, 0.1) is 12.8 Å². The number of ketones is 1. The number of fused-ring (bicyclic) bond motifs is 1. The van der Waals surface area contributed by atoms with Gasteiger partial charge in [-0.15, -0.1) is 0 Å². The molecule has 1 aromatic carbocycles. The van der Waals surface area contributed by atoms with Gasteiger partial charge in [-0.3, -0.25) is 4.79 Å². The number of aryl methyl sites for hydroxylation is 1. The van der Waals surface area contributed by atoms with Crippen LogP contribution in [0.1, 0.15) is 34.8 Å². The topological polar surface area (TPSA) is 104 Å². The zero-order valence-electron chi connectivity index (χ0n) is 15.7. The molecule has 0 aliphatic carbocycles. The number of halogens is 3. The summed E-state index contributed by atoms with van der Waals surface area (Å²) in [6, 6.07) is 2.76. The number of benzene rings is 1. The monoisotopic (exact) mass is 414 g/mol. The number of phenolic OH excluding ortho intramolecular Hbond substituents is 1. The van der Waals surface area contributed by atoms with Crippen molar-refractivity contribution >= 4 is 17.8 Å². The molecule has 0 spiro atoms. The van der Waals surface area contributed by atoms with E-state index < -0.39 is 47.9 Å². The van der Waals surface area contributed by atoms with Gasteiger partial charge in [0.2, 0.25) is 0 Å².